The molecule has 0 spiro atoms. The summed E-state index contributed by atoms with van der Waals surface area (Å²) in [5, 5.41) is 28.7. The Hall–Kier alpha value is -1.46. The van der Waals surface area contributed by atoms with Crippen molar-refractivity contribution in [1.82, 2.24) is 0 Å². The van der Waals surface area contributed by atoms with E-state index < -0.39 is 18.2 Å². The molecule has 5 nitrogen and oxygen atoms in total. The molecule has 0 radical (unpaired) electrons. The lowest BCUT2D eigenvalue weighted by molar-refractivity contribution is -0.137. The van der Waals surface area contributed by atoms with Crippen molar-refractivity contribution >= 4 is 11.8 Å². The highest BCUT2D eigenvalue weighted by molar-refractivity contribution is 5.84. The van der Waals surface area contributed by atoms with Crippen LogP contribution < -0.4 is 0 Å². The first-order valence-corrected chi connectivity index (χ1v) is 9.39. The predicted molar refractivity (Wildman–Crippen MR) is 104 cm³/mol. The van der Waals surface area contributed by atoms with Crippen molar-refractivity contribution in [3.63, 3.8) is 0 Å². The third-order valence-corrected chi connectivity index (χ3v) is 4.71. The normalized spacial score (nSPS) is 24.3. The molecule has 26 heavy (non-hydrogen) atoms. The number of allylic oxidation sites excluding steroid dienone is 2. The number of hydrogen-bond acceptors (Lipinski definition) is 4. The van der Waals surface area contributed by atoms with Gasteiger partial charge in [0.15, 0.2) is 0 Å². The van der Waals surface area contributed by atoms with Gasteiger partial charge in [0.1, 0.15) is 5.78 Å². The summed E-state index contributed by atoms with van der Waals surface area (Å²) in [6.45, 7) is 2.11. The van der Waals surface area contributed by atoms with Gasteiger partial charge >= 0.3 is 5.97 Å². The van der Waals surface area contributed by atoms with E-state index >= 15 is 0 Å². The van der Waals surface area contributed by atoms with Crippen molar-refractivity contribution < 1.29 is 24.9 Å². The maximum absolute atomic E-state index is 12.1. The molecule has 0 aromatic heterocycles. The number of hydrogen-bond donors (Lipinski definition) is 3. The molecule has 0 aliphatic heterocycles. The molecular formula is C21H36O5. The first-order chi connectivity index (χ1) is 12.0. The molecule has 1 aliphatic rings. The maximum atomic E-state index is 12.1. The van der Waals surface area contributed by atoms with E-state index in [0.29, 0.717) is 25.7 Å². The monoisotopic (exact) mass is 368 g/mol. The third-order valence-electron chi connectivity index (χ3n) is 4.71. The van der Waals surface area contributed by atoms with Crippen molar-refractivity contribution in [1.29, 1.82) is 0 Å². The Morgan fingerprint density at radius 2 is 2.00 bits per heavy atom. The lowest BCUT2D eigenvalue weighted by atomic mass is 9.90. The summed E-state index contributed by atoms with van der Waals surface area (Å²) in [6.07, 6.45) is 12.1. The fourth-order valence-electron chi connectivity index (χ4n) is 3.22. The van der Waals surface area contributed by atoms with E-state index in [1.54, 1.807) is 12.2 Å². The first-order valence-electron chi connectivity index (χ1n) is 9.39. The van der Waals surface area contributed by atoms with Gasteiger partial charge in [-0.05, 0) is 25.7 Å². The predicted octanol–water partition coefficient (Wildman–Crippen LogP) is 3.89. The molecule has 1 aliphatic carbocycles. The van der Waals surface area contributed by atoms with Crippen LogP contribution in [0.25, 0.3) is 0 Å². The minimum absolute atomic E-state index is 0. The van der Waals surface area contributed by atoms with Crippen molar-refractivity contribution in [2.24, 2.45) is 11.8 Å². The number of unbranched alkanes of at least 4 members (excludes halogenated alkanes) is 3. The first kappa shape index (κ1) is 24.5. The zero-order valence-corrected chi connectivity index (χ0v) is 15.1. The SMILES string of the molecule is C.CCCCC[C@H](O)/C=C/[C@H]1[C@H](O)CC(=O)[C@@H]1C/C=C\CCCC(=O)O. The van der Waals surface area contributed by atoms with Crippen LogP contribution in [-0.2, 0) is 9.59 Å². The van der Waals surface area contributed by atoms with Crippen LogP contribution >= 0.6 is 0 Å². The summed E-state index contributed by atoms with van der Waals surface area (Å²) >= 11 is 0. The minimum Gasteiger partial charge on any atom is -0.481 e. The molecule has 150 valence electrons. The second kappa shape index (κ2) is 13.7. The van der Waals surface area contributed by atoms with Crippen LogP contribution in [0.5, 0.6) is 0 Å². The standard InChI is InChI=1S/C20H32O5.CH4/c1-2-3-6-9-15(21)12-13-17-16(18(22)14-19(17)23)10-7-4-5-8-11-20(24)25;/h4,7,12-13,15-17,19,21,23H,2-3,5-6,8-11,14H2,1H3,(H,24,25);1H4/b7-4-,13-12+;/t15-,16+,17+,19+;/m0./s1. The van der Waals surface area contributed by atoms with Crippen molar-refractivity contribution in [3.8, 4) is 0 Å². The van der Waals surface area contributed by atoms with Crippen LogP contribution in [0.15, 0.2) is 24.3 Å². The smallest absolute Gasteiger partial charge is 0.303 e. The maximum Gasteiger partial charge on any atom is 0.303 e. The molecule has 0 amide bonds. The fourth-order valence-corrected chi connectivity index (χ4v) is 3.22. The van der Waals surface area contributed by atoms with Gasteiger partial charge < -0.3 is 15.3 Å². The number of ketones is 1. The summed E-state index contributed by atoms with van der Waals surface area (Å²) in [6, 6.07) is 0. The van der Waals surface area contributed by atoms with Crippen LogP contribution in [0.2, 0.25) is 0 Å². The third kappa shape index (κ3) is 9.30. The van der Waals surface area contributed by atoms with E-state index in [1.165, 1.54) is 0 Å². The zero-order valence-electron chi connectivity index (χ0n) is 15.1. The van der Waals surface area contributed by atoms with Crippen LogP contribution in [0, 0.1) is 11.8 Å². The summed E-state index contributed by atoms with van der Waals surface area (Å²) in [7, 11) is 0. The van der Waals surface area contributed by atoms with Crippen molar-refractivity contribution in [2.45, 2.75) is 84.3 Å². The molecule has 1 rings (SSSR count). The molecule has 5 heteroatoms. The molecule has 0 aromatic carbocycles. The van der Waals surface area contributed by atoms with E-state index in [0.717, 1.165) is 19.3 Å². The topological polar surface area (TPSA) is 94.8 Å². The molecule has 0 unspecified atom stereocenters. The zero-order chi connectivity index (χ0) is 18.7. The van der Waals surface area contributed by atoms with E-state index in [4.69, 9.17) is 5.11 Å². The number of carboxylic acid groups (broad SMARTS) is 1. The Bertz CT molecular complexity index is 469. The number of carboxylic acids is 1. The highest BCUT2D eigenvalue weighted by Crippen LogP contribution is 2.33. The molecule has 0 aromatic rings. The Morgan fingerprint density at radius 1 is 1.27 bits per heavy atom. The summed E-state index contributed by atoms with van der Waals surface area (Å²) in [5.41, 5.74) is 0. The van der Waals surface area contributed by atoms with Gasteiger partial charge in [-0.15, -0.1) is 0 Å². The molecule has 0 saturated heterocycles. The number of Topliss-reactive ketones (excluding diaryl/α,β-unsaturated/α-hetero) is 1. The second-order valence-electron chi connectivity index (χ2n) is 6.86. The molecule has 1 saturated carbocycles. The van der Waals surface area contributed by atoms with Gasteiger partial charge in [0, 0.05) is 24.7 Å². The lowest BCUT2D eigenvalue weighted by Gasteiger charge is -2.16. The van der Waals surface area contributed by atoms with Crippen LogP contribution in [0.1, 0.15) is 72.1 Å². The molecule has 4 atom stereocenters. The van der Waals surface area contributed by atoms with E-state index in [-0.39, 0.29) is 37.9 Å². The fraction of sp³-hybridized carbons (Fsp3) is 0.714. The summed E-state index contributed by atoms with van der Waals surface area (Å²) in [5.74, 6) is -1.26. The Balaban J connectivity index is 0.00000625. The average Bonchev–Trinajstić information content (AvgIpc) is 2.82. The highest BCUT2D eigenvalue weighted by Gasteiger charge is 2.39. The van der Waals surface area contributed by atoms with Crippen LogP contribution in [-0.4, -0.2) is 39.3 Å². The van der Waals surface area contributed by atoms with Crippen LogP contribution in [0.3, 0.4) is 0 Å². The molecule has 0 heterocycles. The van der Waals surface area contributed by atoms with Crippen molar-refractivity contribution in [2.75, 3.05) is 0 Å². The number of aliphatic carboxylic acids is 1. The Morgan fingerprint density at radius 3 is 2.65 bits per heavy atom. The number of aliphatic hydroxyl groups is 2. The van der Waals surface area contributed by atoms with Crippen molar-refractivity contribution in [3.05, 3.63) is 24.3 Å². The van der Waals surface area contributed by atoms with Gasteiger partial charge in [0.2, 0.25) is 0 Å². The number of carbonyl (C=O) groups is 2. The molecule has 1 fully saturated rings. The average molecular weight is 369 g/mol. The molecule has 0 bridgehead atoms. The Labute approximate surface area is 157 Å². The largest absolute Gasteiger partial charge is 0.481 e. The summed E-state index contributed by atoms with van der Waals surface area (Å²) < 4.78 is 0. The van der Waals surface area contributed by atoms with Gasteiger partial charge in [-0.1, -0.05) is 57.9 Å². The minimum atomic E-state index is -0.801. The van der Waals surface area contributed by atoms with Gasteiger partial charge in [-0.3, -0.25) is 9.59 Å². The van der Waals surface area contributed by atoms with Gasteiger partial charge in [0.25, 0.3) is 0 Å². The van der Waals surface area contributed by atoms with E-state index in [9.17, 15) is 19.8 Å². The van der Waals surface area contributed by atoms with E-state index in [2.05, 4.69) is 6.92 Å². The molecular weight excluding hydrogens is 332 g/mol. The summed E-state index contributed by atoms with van der Waals surface area (Å²) in [4.78, 5) is 22.5. The Kier molecular flexibility index (Phi) is 12.9. The van der Waals surface area contributed by atoms with Gasteiger partial charge in [-0.25, -0.2) is 0 Å². The number of carbonyl (C=O) groups excluding carboxylic acids is 1. The van der Waals surface area contributed by atoms with E-state index in [1.807, 2.05) is 12.2 Å². The molecule has 3 N–H and O–H groups in total. The van der Waals surface area contributed by atoms with Gasteiger partial charge in [-0.2, -0.15) is 0 Å². The number of aliphatic hydroxyl groups excluding tert-OH is 2. The van der Waals surface area contributed by atoms with Gasteiger partial charge in [0.05, 0.1) is 12.2 Å². The quantitative estimate of drug-likeness (QED) is 0.359. The second-order valence-corrected chi connectivity index (χ2v) is 6.86. The van der Waals surface area contributed by atoms with Crippen LogP contribution in [0.4, 0.5) is 0 Å². The highest BCUT2D eigenvalue weighted by atomic mass is 16.4. The lowest BCUT2D eigenvalue weighted by Crippen LogP contribution is -2.18. The number of rotatable bonds is 12.